The van der Waals surface area contributed by atoms with Crippen molar-refractivity contribution in [2.45, 2.75) is 25.7 Å². The van der Waals surface area contributed by atoms with E-state index in [0.29, 0.717) is 5.75 Å². The largest absolute Gasteiger partial charge is 0.481 e. The fourth-order valence-electron chi connectivity index (χ4n) is 2.05. The van der Waals surface area contributed by atoms with Gasteiger partial charge in [-0.15, -0.1) is 0 Å². The summed E-state index contributed by atoms with van der Waals surface area (Å²) in [5.74, 6) is 0.00596. The SMILES string of the molecule is CC(Oc1ccc(Br)cc1)C(=O)NCc1ccccc1C(F)(F)F. The number of hydrogen-bond donors (Lipinski definition) is 1. The molecule has 0 bridgehead atoms. The van der Waals surface area contributed by atoms with Gasteiger partial charge in [0.25, 0.3) is 5.91 Å². The molecule has 0 aromatic heterocycles. The van der Waals surface area contributed by atoms with E-state index in [4.69, 9.17) is 4.74 Å². The van der Waals surface area contributed by atoms with Gasteiger partial charge in [-0.05, 0) is 42.8 Å². The fraction of sp³-hybridized carbons (Fsp3) is 0.235. The molecule has 0 saturated heterocycles. The van der Waals surface area contributed by atoms with Gasteiger partial charge in [0, 0.05) is 11.0 Å². The number of amides is 1. The molecule has 0 aliphatic carbocycles. The smallest absolute Gasteiger partial charge is 0.416 e. The van der Waals surface area contributed by atoms with Crippen LogP contribution in [0, 0.1) is 0 Å². The number of halogens is 4. The summed E-state index contributed by atoms with van der Waals surface area (Å²) in [6, 6.07) is 12.0. The Morgan fingerprint density at radius 1 is 1.17 bits per heavy atom. The average molecular weight is 402 g/mol. The van der Waals surface area contributed by atoms with Crippen LogP contribution in [0.5, 0.6) is 5.75 Å². The van der Waals surface area contributed by atoms with Gasteiger partial charge in [0.2, 0.25) is 0 Å². The van der Waals surface area contributed by atoms with Crippen molar-refractivity contribution in [3.63, 3.8) is 0 Å². The van der Waals surface area contributed by atoms with Crippen LogP contribution in [0.15, 0.2) is 53.0 Å². The van der Waals surface area contributed by atoms with Crippen LogP contribution in [0.25, 0.3) is 0 Å². The molecule has 128 valence electrons. The van der Waals surface area contributed by atoms with Crippen molar-refractivity contribution in [1.82, 2.24) is 5.32 Å². The zero-order chi connectivity index (χ0) is 17.7. The Bertz CT molecular complexity index is 702. The molecule has 24 heavy (non-hydrogen) atoms. The van der Waals surface area contributed by atoms with Crippen molar-refractivity contribution >= 4 is 21.8 Å². The number of hydrogen-bond acceptors (Lipinski definition) is 2. The molecule has 2 aromatic rings. The lowest BCUT2D eigenvalue weighted by atomic mass is 10.1. The lowest BCUT2D eigenvalue weighted by molar-refractivity contribution is -0.138. The number of ether oxygens (including phenoxy) is 1. The minimum atomic E-state index is -4.46. The second-order valence-corrected chi connectivity index (χ2v) is 6.00. The molecule has 1 atom stereocenters. The maximum Gasteiger partial charge on any atom is 0.416 e. The summed E-state index contributed by atoms with van der Waals surface area (Å²) in [5.41, 5.74) is -0.749. The molecule has 0 heterocycles. The number of carbonyl (C=O) groups excluding carboxylic acids is 1. The summed E-state index contributed by atoms with van der Waals surface area (Å²) in [6.45, 7) is 1.32. The van der Waals surface area contributed by atoms with Crippen LogP contribution in [0.4, 0.5) is 13.2 Å². The van der Waals surface area contributed by atoms with E-state index in [1.165, 1.54) is 25.1 Å². The minimum Gasteiger partial charge on any atom is -0.481 e. The second kappa shape index (κ2) is 7.70. The molecule has 0 aliphatic rings. The van der Waals surface area contributed by atoms with E-state index >= 15 is 0 Å². The maximum absolute atomic E-state index is 12.9. The van der Waals surface area contributed by atoms with Crippen LogP contribution in [0.1, 0.15) is 18.1 Å². The van der Waals surface area contributed by atoms with Gasteiger partial charge < -0.3 is 10.1 Å². The van der Waals surface area contributed by atoms with Gasteiger partial charge >= 0.3 is 6.18 Å². The van der Waals surface area contributed by atoms with E-state index in [9.17, 15) is 18.0 Å². The van der Waals surface area contributed by atoms with Gasteiger partial charge in [0.15, 0.2) is 6.10 Å². The average Bonchev–Trinajstić information content (AvgIpc) is 2.54. The van der Waals surface area contributed by atoms with Crippen LogP contribution < -0.4 is 10.1 Å². The van der Waals surface area contributed by atoms with Crippen LogP contribution in [-0.2, 0) is 17.5 Å². The van der Waals surface area contributed by atoms with Gasteiger partial charge in [-0.3, -0.25) is 4.79 Å². The summed E-state index contributed by atoms with van der Waals surface area (Å²) >= 11 is 3.29. The number of rotatable bonds is 5. The highest BCUT2D eigenvalue weighted by atomic mass is 79.9. The number of nitrogens with one attached hydrogen (secondary N) is 1. The third-order valence-electron chi connectivity index (χ3n) is 3.27. The van der Waals surface area contributed by atoms with Gasteiger partial charge in [-0.1, -0.05) is 34.1 Å². The van der Waals surface area contributed by atoms with Crippen molar-refractivity contribution < 1.29 is 22.7 Å². The molecule has 0 saturated carbocycles. The zero-order valence-corrected chi connectivity index (χ0v) is 14.3. The zero-order valence-electron chi connectivity index (χ0n) is 12.7. The molecule has 7 heteroatoms. The van der Waals surface area contributed by atoms with Crippen molar-refractivity contribution in [2.75, 3.05) is 0 Å². The predicted octanol–water partition coefficient (Wildman–Crippen LogP) is 4.55. The lowest BCUT2D eigenvalue weighted by Crippen LogP contribution is -2.36. The summed E-state index contributed by atoms with van der Waals surface area (Å²) in [5, 5.41) is 2.47. The molecule has 3 nitrogen and oxygen atoms in total. The second-order valence-electron chi connectivity index (χ2n) is 5.09. The highest BCUT2D eigenvalue weighted by Gasteiger charge is 2.32. The first-order chi connectivity index (χ1) is 11.3. The quantitative estimate of drug-likeness (QED) is 0.797. The number of alkyl halides is 3. The first-order valence-electron chi connectivity index (χ1n) is 7.12. The molecule has 1 N–H and O–H groups in total. The Kier molecular flexibility index (Phi) is 5.88. The molecule has 0 aliphatic heterocycles. The molecule has 0 radical (unpaired) electrons. The third-order valence-corrected chi connectivity index (χ3v) is 3.80. The molecule has 0 spiro atoms. The Morgan fingerprint density at radius 2 is 1.79 bits per heavy atom. The Balaban J connectivity index is 1.97. The highest BCUT2D eigenvalue weighted by Crippen LogP contribution is 2.31. The summed E-state index contributed by atoms with van der Waals surface area (Å²) < 4.78 is 45.1. The van der Waals surface area contributed by atoms with Gasteiger partial charge in [-0.25, -0.2) is 0 Å². The minimum absolute atomic E-state index is 0.00851. The number of carbonyl (C=O) groups is 1. The normalized spacial score (nSPS) is 12.5. The molecular formula is C17H15BrF3NO2. The predicted molar refractivity (Wildman–Crippen MR) is 87.5 cm³/mol. The van der Waals surface area contributed by atoms with Crippen molar-refractivity contribution in [2.24, 2.45) is 0 Å². The summed E-state index contributed by atoms with van der Waals surface area (Å²) in [7, 11) is 0. The van der Waals surface area contributed by atoms with E-state index in [-0.39, 0.29) is 12.1 Å². The van der Waals surface area contributed by atoms with E-state index in [1.54, 1.807) is 24.3 Å². The summed E-state index contributed by atoms with van der Waals surface area (Å²) in [6.07, 6.45) is -5.29. The Labute approximate surface area is 146 Å². The molecule has 2 rings (SSSR count). The topological polar surface area (TPSA) is 38.3 Å². The standard InChI is InChI=1S/C17H15BrF3NO2/c1-11(24-14-8-6-13(18)7-9-14)16(23)22-10-12-4-2-3-5-15(12)17(19,20)21/h2-9,11H,10H2,1H3,(H,22,23). The summed E-state index contributed by atoms with van der Waals surface area (Å²) in [4.78, 5) is 12.0. The Morgan fingerprint density at radius 3 is 2.42 bits per heavy atom. The van der Waals surface area contributed by atoms with E-state index in [1.807, 2.05) is 0 Å². The van der Waals surface area contributed by atoms with Crippen LogP contribution in [-0.4, -0.2) is 12.0 Å². The van der Waals surface area contributed by atoms with Crippen LogP contribution >= 0.6 is 15.9 Å². The third kappa shape index (κ3) is 4.99. The maximum atomic E-state index is 12.9. The van der Waals surface area contributed by atoms with Crippen LogP contribution in [0.3, 0.4) is 0 Å². The Hall–Kier alpha value is -2.02. The van der Waals surface area contributed by atoms with Crippen LogP contribution in [0.2, 0.25) is 0 Å². The molecule has 1 unspecified atom stereocenters. The molecule has 2 aromatic carbocycles. The van der Waals surface area contributed by atoms with Gasteiger partial charge in [-0.2, -0.15) is 13.2 Å². The van der Waals surface area contributed by atoms with E-state index < -0.39 is 23.8 Å². The van der Waals surface area contributed by atoms with Gasteiger partial charge in [0.05, 0.1) is 5.56 Å². The first-order valence-corrected chi connectivity index (χ1v) is 7.91. The van der Waals surface area contributed by atoms with E-state index in [0.717, 1.165) is 10.5 Å². The lowest BCUT2D eigenvalue weighted by Gasteiger charge is -2.16. The van der Waals surface area contributed by atoms with Crippen molar-refractivity contribution in [3.8, 4) is 5.75 Å². The van der Waals surface area contributed by atoms with Crippen molar-refractivity contribution in [1.29, 1.82) is 0 Å². The molecular weight excluding hydrogens is 387 g/mol. The van der Waals surface area contributed by atoms with E-state index in [2.05, 4.69) is 21.2 Å². The monoisotopic (exact) mass is 401 g/mol. The van der Waals surface area contributed by atoms with Crippen molar-refractivity contribution in [3.05, 3.63) is 64.1 Å². The highest BCUT2D eigenvalue weighted by molar-refractivity contribution is 9.10. The fourth-order valence-corrected chi connectivity index (χ4v) is 2.31. The van der Waals surface area contributed by atoms with Gasteiger partial charge in [0.1, 0.15) is 5.75 Å². The molecule has 0 fully saturated rings. The first kappa shape index (κ1) is 18.3. The molecule has 1 amide bonds. The number of benzene rings is 2.